The van der Waals surface area contributed by atoms with Gasteiger partial charge in [-0.25, -0.2) is 40.3 Å². The molecule has 0 bridgehead atoms. The van der Waals surface area contributed by atoms with E-state index in [2.05, 4.69) is 15.3 Å². The van der Waals surface area contributed by atoms with Crippen LogP contribution in [-0.2, 0) is 10.0 Å². The summed E-state index contributed by atoms with van der Waals surface area (Å²) in [5.74, 6) is -8.80. The number of hydrogen-bond acceptors (Lipinski definition) is 7. The largest absolute Gasteiger partial charge is 0.366 e. The highest BCUT2D eigenvalue weighted by molar-refractivity contribution is 7.92. The maximum Gasteiger partial charge on any atom is 0.258 e. The van der Waals surface area contributed by atoms with Crippen LogP contribution in [0.3, 0.4) is 0 Å². The van der Waals surface area contributed by atoms with E-state index in [1.165, 1.54) is 5.38 Å². The second kappa shape index (κ2) is 9.18. The molecule has 35 heavy (non-hydrogen) atoms. The van der Waals surface area contributed by atoms with Crippen molar-refractivity contribution in [2.24, 2.45) is 0 Å². The number of hydrogen-bond donors (Lipinski definition) is 3. The Morgan fingerprint density at radius 1 is 1.20 bits per heavy atom. The number of carbonyl (C=O) groups excluding carboxylic acids is 1. The number of thiophene rings is 1. The van der Waals surface area contributed by atoms with E-state index < -0.39 is 56.7 Å². The highest BCUT2D eigenvalue weighted by Crippen LogP contribution is 2.40. The lowest BCUT2D eigenvalue weighted by Crippen LogP contribution is -2.44. The lowest BCUT2D eigenvalue weighted by Gasteiger charge is -2.35. The summed E-state index contributed by atoms with van der Waals surface area (Å²) in [6, 6.07) is -0.185. The fraction of sp³-hybridized carbons (Fsp3) is 0.350. The van der Waals surface area contributed by atoms with E-state index in [-0.39, 0.29) is 41.9 Å². The predicted molar refractivity (Wildman–Crippen MR) is 121 cm³/mol. The SMILES string of the molecule is CCCS(=O)(=O)Nc1cc(F)c(F)c(NC(=O)c2csc3c(NC4CC(F)(F)C4)ncnc23)c1F. The van der Waals surface area contributed by atoms with Gasteiger partial charge in [0.2, 0.25) is 10.0 Å². The lowest BCUT2D eigenvalue weighted by molar-refractivity contribution is -0.0793. The van der Waals surface area contributed by atoms with Crippen LogP contribution in [0.5, 0.6) is 0 Å². The number of rotatable bonds is 8. The molecule has 0 radical (unpaired) electrons. The summed E-state index contributed by atoms with van der Waals surface area (Å²) in [6.45, 7) is 1.56. The average Bonchev–Trinajstić information content (AvgIpc) is 3.19. The first-order chi connectivity index (χ1) is 16.4. The molecule has 1 fully saturated rings. The highest BCUT2D eigenvalue weighted by Gasteiger charge is 2.45. The van der Waals surface area contributed by atoms with Gasteiger partial charge >= 0.3 is 0 Å². The van der Waals surface area contributed by atoms with Crippen molar-refractivity contribution in [3.8, 4) is 0 Å². The molecule has 1 aliphatic carbocycles. The smallest absolute Gasteiger partial charge is 0.258 e. The molecule has 0 saturated heterocycles. The maximum atomic E-state index is 14.9. The third kappa shape index (κ3) is 5.15. The van der Waals surface area contributed by atoms with Crippen LogP contribution >= 0.6 is 11.3 Å². The first kappa shape index (κ1) is 25.0. The molecule has 1 aromatic carbocycles. The van der Waals surface area contributed by atoms with Gasteiger partial charge in [0.05, 0.1) is 27.2 Å². The van der Waals surface area contributed by atoms with Crippen molar-refractivity contribution >= 4 is 54.7 Å². The van der Waals surface area contributed by atoms with Crippen LogP contribution in [0.1, 0.15) is 36.5 Å². The Balaban J connectivity index is 1.61. The summed E-state index contributed by atoms with van der Waals surface area (Å²) >= 11 is 0.995. The van der Waals surface area contributed by atoms with Gasteiger partial charge in [-0.3, -0.25) is 9.52 Å². The zero-order valence-corrected chi connectivity index (χ0v) is 19.6. The fourth-order valence-corrected chi connectivity index (χ4v) is 5.60. The zero-order valence-electron chi connectivity index (χ0n) is 18.0. The number of alkyl halides is 2. The van der Waals surface area contributed by atoms with Gasteiger partial charge in [-0.1, -0.05) is 6.92 Å². The Morgan fingerprint density at radius 2 is 1.91 bits per heavy atom. The molecule has 0 aliphatic heterocycles. The summed E-state index contributed by atoms with van der Waals surface area (Å²) in [7, 11) is -4.03. The predicted octanol–water partition coefficient (Wildman–Crippen LogP) is 4.72. The molecular weight excluding hydrogens is 517 g/mol. The number of anilines is 3. The van der Waals surface area contributed by atoms with Crippen molar-refractivity contribution < 1.29 is 35.2 Å². The molecular formula is C20H18F5N5O3S2. The quantitative estimate of drug-likeness (QED) is 0.284. The van der Waals surface area contributed by atoms with Crippen LogP contribution < -0.4 is 15.4 Å². The summed E-state index contributed by atoms with van der Waals surface area (Å²) in [5.41, 5.74) is -2.11. The third-order valence-electron chi connectivity index (χ3n) is 5.16. The number of sulfonamides is 1. The standard InChI is InChI=1S/C20H18F5N5O3S2/c1-2-3-35(32,33)30-12-4-11(21)13(22)16(14(12)23)29-19(31)10-7-34-17-15(10)26-8-27-18(17)28-9-5-20(24,25)6-9/h4,7-9,30H,2-3,5-6H2,1H3,(H,29,31)(H,26,27,28). The minimum absolute atomic E-state index is 0.0807. The van der Waals surface area contributed by atoms with Gasteiger partial charge < -0.3 is 10.6 Å². The first-order valence-electron chi connectivity index (χ1n) is 10.3. The number of amides is 1. The van der Waals surface area contributed by atoms with Crippen molar-refractivity contribution in [2.45, 2.75) is 38.2 Å². The molecule has 8 nitrogen and oxygen atoms in total. The molecule has 2 aromatic heterocycles. The molecule has 1 amide bonds. The van der Waals surface area contributed by atoms with E-state index in [9.17, 15) is 35.2 Å². The molecule has 1 aliphatic rings. The minimum atomic E-state index is -4.03. The number of aromatic nitrogens is 2. The molecule has 3 aromatic rings. The lowest BCUT2D eigenvalue weighted by atomic mass is 9.88. The number of fused-ring (bicyclic) bond motifs is 1. The topological polar surface area (TPSA) is 113 Å². The second-order valence-electron chi connectivity index (χ2n) is 7.94. The van der Waals surface area contributed by atoms with Gasteiger partial charge in [0, 0.05) is 30.3 Å². The van der Waals surface area contributed by atoms with E-state index >= 15 is 0 Å². The van der Waals surface area contributed by atoms with Crippen molar-refractivity contribution in [2.75, 3.05) is 21.1 Å². The van der Waals surface area contributed by atoms with Crippen LogP contribution in [-0.4, -0.2) is 42.0 Å². The van der Waals surface area contributed by atoms with E-state index in [4.69, 9.17) is 0 Å². The average molecular weight is 536 g/mol. The van der Waals surface area contributed by atoms with E-state index in [1.807, 2.05) is 10.0 Å². The van der Waals surface area contributed by atoms with Crippen LogP contribution in [0.2, 0.25) is 0 Å². The molecule has 4 rings (SSSR count). The van der Waals surface area contributed by atoms with Gasteiger partial charge in [0.15, 0.2) is 17.5 Å². The molecule has 3 N–H and O–H groups in total. The Kier molecular flexibility index (Phi) is 6.57. The van der Waals surface area contributed by atoms with Crippen molar-refractivity contribution in [3.05, 3.63) is 40.8 Å². The molecule has 2 heterocycles. The van der Waals surface area contributed by atoms with Crippen molar-refractivity contribution in [3.63, 3.8) is 0 Å². The van der Waals surface area contributed by atoms with E-state index in [0.717, 1.165) is 17.7 Å². The summed E-state index contributed by atoms with van der Waals surface area (Å²) < 4.78 is 95.6. The summed E-state index contributed by atoms with van der Waals surface area (Å²) in [6.07, 6.45) is 0.533. The number of carbonyl (C=O) groups is 1. The van der Waals surface area contributed by atoms with Crippen LogP contribution in [0.25, 0.3) is 10.2 Å². The Hall–Kier alpha value is -3.07. The monoisotopic (exact) mass is 535 g/mol. The first-order valence-corrected chi connectivity index (χ1v) is 12.8. The second-order valence-corrected chi connectivity index (χ2v) is 10.7. The van der Waals surface area contributed by atoms with Gasteiger partial charge in [-0.2, -0.15) is 0 Å². The fourth-order valence-electron chi connectivity index (χ4n) is 3.53. The van der Waals surface area contributed by atoms with Gasteiger partial charge in [-0.05, 0) is 6.42 Å². The zero-order chi connectivity index (χ0) is 25.5. The number of nitrogens with one attached hydrogen (secondary N) is 3. The Bertz CT molecular complexity index is 1410. The molecule has 0 atom stereocenters. The maximum absolute atomic E-state index is 14.9. The summed E-state index contributed by atoms with van der Waals surface area (Å²) in [5, 5.41) is 6.10. The molecule has 0 unspecified atom stereocenters. The van der Waals surface area contributed by atoms with Crippen molar-refractivity contribution in [1.82, 2.24) is 9.97 Å². The van der Waals surface area contributed by atoms with Crippen LogP contribution in [0, 0.1) is 17.5 Å². The van der Waals surface area contributed by atoms with Gasteiger partial charge in [0.25, 0.3) is 11.8 Å². The Morgan fingerprint density at radius 3 is 2.57 bits per heavy atom. The van der Waals surface area contributed by atoms with Gasteiger partial charge in [0.1, 0.15) is 17.8 Å². The number of nitrogens with zero attached hydrogens (tertiary/aromatic N) is 2. The third-order valence-corrected chi connectivity index (χ3v) is 7.61. The minimum Gasteiger partial charge on any atom is -0.366 e. The van der Waals surface area contributed by atoms with Crippen LogP contribution in [0.4, 0.5) is 39.1 Å². The van der Waals surface area contributed by atoms with E-state index in [0.29, 0.717) is 10.8 Å². The molecule has 15 heteroatoms. The highest BCUT2D eigenvalue weighted by atomic mass is 32.2. The molecule has 1 saturated carbocycles. The van der Waals surface area contributed by atoms with E-state index in [1.54, 1.807) is 6.92 Å². The van der Waals surface area contributed by atoms with Crippen LogP contribution in [0.15, 0.2) is 17.8 Å². The molecule has 0 spiro atoms. The number of halogens is 5. The normalized spacial score (nSPS) is 15.6. The molecule has 188 valence electrons. The van der Waals surface area contributed by atoms with Gasteiger partial charge in [-0.15, -0.1) is 11.3 Å². The Labute approximate surface area is 200 Å². The number of benzene rings is 1. The summed E-state index contributed by atoms with van der Waals surface area (Å²) in [4.78, 5) is 20.8. The van der Waals surface area contributed by atoms with Crippen molar-refractivity contribution in [1.29, 1.82) is 0 Å².